The van der Waals surface area contributed by atoms with Crippen LogP contribution < -0.4 is 10.1 Å². The monoisotopic (exact) mass is 357 g/mol. The largest absolute Gasteiger partial charge is 0.456 e. The molecule has 3 aromatic heterocycles. The summed E-state index contributed by atoms with van der Waals surface area (Å²) in [5.41, 5.74) is 2.31. The molecule has 4 aromatic rings. The summed E-state index contributed by atoms with van der Waals surface area (Å²) in [6, 6.07) is 17.9. The Morgan fingerprint density at radius 3 is 2.56 bits per heavy atom. The van der Waals surface area contributed by atoms with Crippen molar-refractivity contribution in [2.75, 3.05) is 5.32 Å². The van der Waals surface area contributed by atoms with Crippen molar-refractivity contribution < 1.29 is 9.53 Å². The molecule has 0 fully saturated rings. The van der Waals surface area contributed by atoms with Crippen molar-refractivity contribution in [3.63, 3.8) is 0 Å². The van der Waals surface area contributed by atoms with Crippen molar-refractivity contribution >= 4 is 11.6 Å². The molecule has 7 nitrogen and oxygen atoms in total. The predicted octanol–water partition coefficient (Wildman–Crippen LogP) is 3.91. The van der Waals surface area contributed by atoms with E-state index in [2.05, 4.69) is 25.5 Å². The lowest BCUT2D eigenvalue weighted by atomic mass is 10.2. The zero-order valence-corrected chi connectivity index (χ0v) is 14.2. The third kappa shape index (κ3) is 3.98. The van der Waals surface area contributed by atoms with Gasteiger partial charge in [-0.2, -0.15) is 5.10 Å². The summed E-state index contributed by atoms with van der Waals surface area (Å²) in [7, 11) is 0. The Morgan fingerprint density at radius 1 is 0.926 bits per heavy atom. The lowest BCUT2D eigenvalue weighted by molar-refractivity contribution is 0.102. The number of pyridine rings is 2. The van der Waals surface area contributed by atoms with Gasteiger partial charge in [-0.1, -0.05) is 6.07 Å². The molecule has 1 aromatic carbocycles. The summed E-state index contributed by atoms with van der Waals surface area (Å²) in [5, 5.41) is 9.69. The Balaban J connectivity index is 1.42. The Labute approximate surface area is 155 Å². The highest BCUT2D eigenvalue weighted by molar-refractivity contribution is 6.03. The van der Waals surface area contributed by atoms with E-state index in [0.29, 0.717) is 34.3 Å². The number of carbonyl (C=O) groups is 1. The minimum Gasteiger partial charge on any atom is -0.456 e. The number of benzene rings is 1. The fourth-order valence-electron chi connectivity index (χ4n) is 2.43. The molecular weight excluding hydrogens is 342 g/mol. The van der Waals surface area contributed by atoms with Crippen LogP contribution in [0.2, 0.25) is 0 Å². The van der Waals surface area contributed by atoms with E-state index in [-0.39, 0.29) is 5.91 Å². The second-order valence-electron chi connectivity index (χ2n) is 5.65. The minimum atomic E-state index is -0.286. The zero-order chi connectivity index (χ0) is 18.5. The van der Waals surface area contributed by atoms with Crippen LogP contribution in [0.25, 0.3) is 11.4 Å². The molecule has 0 aliphatic heterocycles. The number of hydrogen-bond acceptors (Lipinski definition) is 5. The van der Waals surface area contributed by atoms with Gasteiger partial charge in [0.1, 0.15) is 22.9 Å². The van der Waals surface area contributed by atoms with Crippen LogP contribution >= 0.6 is 0 Å². The summed E-state index contributed by atoms with van der Waals surface area (Å²) in [6.07, 6.45) is 4.99. The third-order valence-electron chi connectivity index (χ3n) is 3.73. The average Bonchev–Trinajstić information content (AvgIpc) is 3.21. The molecule has 0 radical (unpaired) electrons. The van der Waals surface area contributed by atoms with Crippen molar-refractivity contribution in [2.24, 2.45) is 0 Å². The summed E-state index contributed by atoms with van der Waals surface area (Å²) in [4.78, 5) is 20.6. The van der Waals surface area contributed by atoms with E-state index in [4.69, 9.17) is 4.74 Å². The van der Waals surface area contributed by atoms with Gasteiger partial charge >= 0.3 is 0 Å². The SMILES string of the molecule is O=C(Nc1ccc(Oc2cccnc2)cc1)c1cc(-c2ccccn2)n[nH]1. The zero-order valence-electron chi connectivity index (χ0n) is 14.2. The van der Waals surface area contributed by atoms with Gasteiger partial charge in [0.25, 0.3) is 5.91 Å². The minimum absolute atomic E-state index is 0.286. The van der Waals surface area contributed by atoms with Crippen LogP contribution in [0.5, 0.6) is 11.5 Å². The van der Waals surface area contributed by atoms with Gasteiger partial charge in [0, 0.05) is 18.1 Å². The van der Waals surface area contributed by atoms with Gasteiger partial charge in [-0.25, -0.2) is 0 Å². The van der Waals surface area contributed by atoms with Gasteiger partial charge in [0.15, 0.2) is 0 Å². The summed E-state index contributed by atoms with van der Waals surface area (Å²) < 4.78 is 5.68. The van der Waals surface area contributed by atoms with Crippen LogP contribution in [-0.4, -0.2) is 26.1 Å². The molecule has 27 heavy (non-hydrogen) atoms. The number of aromatic amines is 1. The summed E-state index contributed by atoms with van der Waals surface area (Å²) in [6.45, 7) is 0. The molecule has 0 aliphatic rings. The molecule has 3 heterocycles. The molecule has 1 amide bonds. The first-order valence-corrected chi connectivity index (χ1v) is 8.24. The number of amides is 1. The molecule has 0 spiro atoms. The predicted molar refractivity (Wildman–Crippen MR) is 101 cm³/mol. The number of aromatic nitrogens is 4. The molecule has 132 valence electrons. The van der Waals surface area contributed by atoms with Crippen molar-refractivity contribution in [1.29, 1.82) is 0 Å². The van der Waals surface area contributed by atoms with Crippen LogP contribution in [0.15, 0.2) is 79.3 Å². The molecule has 2 N–H and O–H groups in total. The van der Waals surface area contributed by atoms with Crippen molar-refractivity contribution in [3.8, 4) is 22.9 Å². The Bertz CT molecular complexity index is 1030. The van der Waals surface area contributed by atoms with E-state index >= 15 is 0 Å². The first-order chi connectivity index (χ1) is 13.3. The fraction of sp³-hybridized carbons (Fsp3) is 0. The van der Waals surface area contributed by atoms with Crippen LogP contribution in [-0.2, 0) is 0 Å². The average molecular weight is 357 g/mol. The third-order valence-corrected chi connectivity index (χ3v) is 3.73. The normalized spacial score (nSPS) is 10.4. The number of hydrogen-bond donors (Lipinski definition) is 2. The van der Waals surface area contributed by atoms with E-state index in [1.54, 1.807) is 55.0 Å². The molecule has 4 rings (SSSR count). The van der Waals surface area contributed by atoms with Crippen molar-refractivity contribution in [3.05, 3.63) is 84.9 Å². The standard InChI is InChI=1S/C20H15N5O2/c26-20(19-12-18(24-25-19)17-5-1-2-11-22-17)23-14-6-8-15(9-7-14)27-16-4-3-10-21-13-16/h1-13H,(H,23,26)(H,24,25). The first kappa shape index (κ1) is 16.5. The molecule has 0 atom stereocenters. The maximum absolute atomic E-state index is 12.4. The van der Waals surface area contributed by atoms with Crippen molar-refractivity contribution in [2.45, 2.75) is 0 Å². The van der Waals surface area contributed by atoms with Gasteiger partial charge in [0.2, 0.25) is 0 Å². The quantitative estimate of drug-likeness (QED) is 0.565. The van der Waals surface area contributed by atoms with Crippen LogP contribution in [0.1, 0.15) is 10.5 Å². The van der Waals surface area contributed by atoms with Crippen LogP contribution in [0.3, 0.4) is 0 Å². The Morgan fingerprint density at radius 2 is 1.81 bits per heavy atom. The highest BCUT2D eigenvalue weighted by Crippen LogP contribution is 2.22. The molecule has 0 unspecified atom stereocenters. The molecule has 0 bridgehead atoms. The van der Waals surface area contributed by atoms with Crippen LogP contribution in [0, 0.1) is 0 Å². The Hall–Kier alpha value is -4.00. The van der Waals surface area contributed by atoms with Crippen molar-refractivity contribution in [1.82, 2.24) is 20.2 Å². The fourth-order valence-corrected chi connectivity index (χ4v) is 2.43. The molecule has 0 saturated heterocycles. The van der Waals surface area contributed by atoms with E-state index in [1.807, 2.05) is 24.3 Å². The number of nitrogens with zero attached hydrogens (tertiary/aromatic N) is 3. The molecule has 7 heteroatoms. The van der Waals surface area contributed by atoms with Gasteiger partial charge in [-0.15, -0.1) is 0 Å². The highest BCUT2D eigenvalue weighted by atomic mass is 16.5. The van der Waals surface area contributed by atoms with Gasteiger partial charge in [-0.3, -0.25) is 19.9 Å². The van der Waals surface area contributed by atoms with Gasteiger partial charge in [0.05, 0.1) is 11.9 Å². The number of ether oxygens (including phenoxy) is 1. The van der Waals surface area contributed by atoms with E-state index in [9.17, 15) is 4.79 Å². The number of rotatable bonds is 5. The van der Waals surface area contributed by atoms with Gasteiger partial charge < -0.3 is 10.1 Å². The first-order valence-electron chi connectivity index (χ1n) is 8.24. The van der Waals surface area contributed by atoms with E-state index < -0.39 is 0 Å². The Kier molecular flexibility index (Phi) is 4.57. The molecular formula is C20H15N5O2. The summed E-state index contributed by atoms with van der Waals surface area (Å²) >= 11 is 0. The maximum atomic E-state index is 12.4. The second kappa shape index (κ2) is 7.49. The highest BCUT2D eigenvalue weighted by Gasteiger charge is 2.12. The lowest BCUT2D eigenvalue weighted by Gasteiger charge is -2.07. The van der Waals surface area contributed by atoms with E-state index in [1.165, 1.54) is 0 Å². The lowest BCUT2D eigenvalue weighted by Crippen LogP contribution is -2.12. The number of H-pyrrole nitrogens is 1. The maximum Gasteiger partial charge on any atom is 0.273 e. The summed E-state index contributed by atoms with van der Waals surface area (Å²) in [5.74, 6) is 1.01. The number of nitrogens with one attached hydrogen (secondary N) is 2. The smallest absolute Gasteiger partial charge is 0.273 e. The van der Waals surface area contributed by atoms with Gasteiger partial charge in [-0.05, 0) is 54.6 Å². The van der Waals surface area contributed by atoms with Crippen LogP contribution in [0.4, 0.5) is 5.69 Å². The number of carbonyl (C=O) groups excluding carboxylic acids is 1. The molecule has 0 saturated carbocycles. The number of anilines is 1. The second-order valence-corrected chi connectivity index (χ2v) is 5.65. The molecule has 0 aliphatic carbocycles. The topological polar surface area (TPSA) is 92.8 Å². The van der Waals surface area contributed by atoms with E-state index in [0.717, 1.165) is 0 Å².